The number of carbonyl (C=O) groups excluding carboxylic acids is 1. The molecule has 0 aliphatic carbocycles. The fourth-order valence-electron chi connectivity index (χ4n) is 3.87. The minimum atomic E-state index is -4.34. The molecule has 2 aliphatic heterocycles. The lowest BCUT2D eigenvalue weighted by molar-refractivity contribution is -0.159. The van der Waals surface area contributed by atoms with Crippen LogP contribution in [0.1, 0.15) is 45.7 Å². The SMILES string of the molecule is CC(C)(C)c1ccc(OCC2CCN(C3CCN(CC(F)(F)F)C3=O)CC2)nn1. The first-order valence-corrected chi connectivity index (χ1v) is 10.1. The smallest absolute Gasteiger partial charge is 0.406 e. The summed E-state index contributed by atoms with van der Waals surface area (Å²) in [5.41, 5.74) is 0.838. The van der Waals surface area contributed by atoms with Gasteiger partial charge in [0.05, 0.1) is 18.3 Å². The number of carbonyl (C=O) groups is 1. The number of aromatic nitrogens is 2. The second-order valence-electron chi connectivity index (χ2n) is 8.98. The van der Waals surface area contributed by atoms with Crippen molar-refractivity contribution in [2.45, 2.75) is 57.7 Å². The molecule has 6 nitrogen and oxygen atoms in total. The average Bonchev–Trinajstić information content (AvgIpc) is 2.99. The number of nitrogens with zero attached hydrogens (tertiary/aromatic N) is 4. The van der Waals surface area contributed by atoms with Gasteiger partial charge >= 0.3 is 6.18 Å². The summed E-state index contributed by atoms with van der Waals surface area (Å²) >= 11 is 0. The molecule has 1 amide bonds. The molecule has 2 aliphatic rings. The summed E-state index contributed by atoms with van der Waals surface area (Å²) in [6, 6.07) is 3.33. The van der Waals surface area contributed by atoms with E-state index in [1.165, 1.54) is 0 Å². The zero-order valence-electron chi connectivity index (χ0n) is 17.2. The van der Waals surface area contributed by atoms with Gasteiger partial charge in [-0.05, 0) is 44.3 Å². The van der Waals surface area contributed by atoms with Crippen LogP contribution in [0.3, 0.4) is 0 Å². The van der Waals surface area contributed by atoms with Gasteiger partial charge in [-0.2, -0.15) is 18.3 Å². The molecule has 0 saturated carbocycles. The third kappa shape index (κ3) is 5.81. The normalized spacial score (nSPS) is 22.3. The topological polar surface area (TPSA) is 58.6 Å². The first-order chi connectivity index (χ1) is 13.5. The highest BCUT2D eigenvalue weighted by molar-refractivity contribution is 5.84. The number of ether oxygens (including phenoxy) is 1. The van der Waals surface area contributed by atoms with Crippen LogP contribution in [-0.2, 0) is 10.2 Å². The molecule has 1 aromatic heterocycles. The van der Waals surface area contributed by atoms with Crippen molar-refractivity contribution in [3.05, 3.63) is 17.8 Å². The summed E-state index contributed by atoms with van der Waals surface area (Å²) in [5.74, 6) is 0.429. The maximum atomic E-state index is 12.6. The highest BCUT2D eigenvalue weighted by atomic mass is 19.4. The first kappa shape index (κ1) is 21.8. The van der Waals surface area contributed by atoms with Crippen LogP contribution in [0, 0.1) is 5.92 Å². The van der Waals surface area contributed by atoms with Crippen molar-refractivity contribution in [2.24, 2.45) is 5.92 Å². The van der Waals surface area contributed by atoms with Gasteiger partial charge in [0.2, 0.25) is 11.8 Å². The molecular formula is C20H29F3N4O2. The highest BCUT2D eigenvalue weighted by Crippen LogP contribution is 2.27. The molecule has 3 rings (SSSR count). The maximum Gasteiger partial charge on any atom is 0.406 e. The first-order valence-electron chi connectivity index (χ1n) is 10.1. The molecule has 0 spiro atoms. The molecule has 0 bridgehead atoms. The zero-order chi connectivity index (χ0) is 21.2. The lowest BCUT2D eigenvalue weighted by Gasteiger charge is -2.35. The lowest BCUT2D eigenvalue weighted by atomic mass is 9.92. The van der Waals surface area contributed by atoms with E-state index in [0.717, 1.165) is 23.4 Å². The van der Waals surface area contributed by atoms with Gasteiger partial charge in [0.1, 0.15) is 6.54 Å². The predicted octanol–water partition coefficient (Wildman–Crippen LogP) is 3.03. The minimum Gasteiger partial charge on any atom is -0.476 e. The molecule has 2 fully saturated rings. The van der Waals surface area contributed by atoms with Crippen molar-refractivity contribution in [2.75, 3.05) is 32.8 Å². The van der Waals surface area contributed by atoms with Crippen LogP contribution in [-0.4, -0.2) is 70.9 Å². The van der Waals surface area contributed by atoms with Gasteiger partial charge < -0.3 is 9.64 Å². The third-order valence-corrected chi connectivity index (χ3v) is 5.60. The van der Waals surface area contributed by atoms with Crippen LogP contribution >= 0.6 is 0 Å². The van der Waals surface area contributed by atoms with Gasteiger partial charge in [-0.3, -0.25) is 9.69 Å². The Balaban J connectivity index is 1.43. The van der Waals surface area contributed by atoms with E-state index in [4.69, 9.17) is 4.74 Å². The summed E-state index contributed by atoms with van der Waals surface area (Å²) < 4.78 is 43.5. The molecule has 162 valence electrons. The molecule has 0 radical (unpaired) electrons. The van der Waals surface area contributed by atoms with E-state index in [1.807, 2.05) is 17.0 Å². The van der Waals surface area contributed by atoms with E-state index in [2.05, 4.69) is 31.0 Å². The van der Waals surface area contributed by atoms with Crippen molar-refractivity contribution in [1.82, 2.24) is 20.0 Å². The number of alkyl halides is 3. The number of rotatable bonds is 5. The average molecular weight is 414 g/mol. The van der Waals surface area contributed by atoms with E-state index in [1.54, 1.807) is 0 Å². The van der Waals surface area contributed by atoms with Crippen molar-refractivity contribution >= 4 is 5.91 Å². The number of hydrogen-bond acceptors (Lipinski definition) is 5. The number of piperidine rings is 1. The molecule has 1 aromatic rings. The Morgan fingerprint density at radius 1 is 1.07 bits per heavy atom. The van der Waals surface area contributed by atoms with Crippen molar-refractivity contribution < 1.29 is 22.7 Å². The van der Waals surface area contributed by atoms with Crippen LogP contribution in [0.5, 0.6) is 5.88 Å². The summed E-state index contributed by atoms with van der Waals surface area (Å²) in [7, 11) is 0. The Morgan fingerprint density at radius 2 is 1.76 bits per heavy atom. The summed E-state index contributed by atoms with van der Waals surface area (Å²) in [6.07, 6.45) is -2.19. The van der Waals surface area contributed by atoms with Gasteiger partial charge in [0.25, 0.3) is 0 Å². The van der Waals surface area contributed by atoms with Crippen LogP contribution < -0.4 is 4.74 Å². The predicted molar refractivity (Wildman–Crippen MR) is 102 cm³/mol. The van der Waals surface area contributed by atoms with Gasteiger partial charge in [-0.15, -0.1) is 5.10 Å². The molecule has 2 saturated heterocycles. The molecule has 9 heteroatoms. The quantitative estimate of drug-likeness (QED) is 0.741. The number of halogens is 3. The molecule has 0 aromatic carbocycles. The minimum absolute atomic E-state index is 0.0638. The Bertz CT molecular complexity index is 695. The third-order valence-electron chi connectivity index (χ3n) is 5.60. The van der Waals surface area contributed by atoms with Crippen molar-refractivity contribution in [1.29, 1.82) is 0 Å². The van der Waals surface area contributed by atoms with Crippen LogP contribution in [0.2, 0.25) is 0 Å². The van der Waals surface area contributed by atoms with Gasteiger partial charge in [-0.1, -0.05) is 20.8 Å². The van der Waals surface area contributed by atoms with E-state index >= 15 is 0 Å². The number of hydrogen-bond donors (Lipinski definition) is 0. The largest absolute Gasteiger partial charge is 0.476 e. The van der Waals surface area contributed by atoms with E-state index in [-0.39, 0.29) is 12.0 Å². The Hall–Kier alpha value is -1.90. The van der Waals surface area contributed by atoms with Gasteiger partial charge in [0, 0.05) is 18.0 Å². The van der Waals surface area contributed by atoms with Crippen LogP contribution in [0.15, 0.2) is 12.1 Å². The molecule has 0 N–H and O–H groups in total. The number of amides is 1. The van der Waals surface area contributed by atoms with Crippen molar-refractivity contribution in [3.63, 3.8) is 0 Å². The van der Waals surface area contributed by atoms with Gasteiger partial charge in [-0.25, -0.2) is 0 Å². The zero-order valence-corrected chi connectivity index (χ0v) is 17.2. The monoisotopic (exact) mass is 414 g/mol. The number of likely N-dealkylation sites (tertiary alicyclic amines) is 2. The Morgan fingerprint density at radius 3 is 2.31 bits per heavy atom. The van der Waals surface area contributed by atoms with Gasteiger partial charge in [0.15, 0.2) is 0 Å². The molecule has 1 atom stereocenters. The summed E-state index contributed by atoms with van der Waals surface area (Å²) in [6.45, 7) is 7.15. The van der Waals surface area contributed by atoms with Crippen molar-refractivity contribution in [3.8, 4) is 5.88 Å². The fraction of sp³-hybridized carbons (Fsp3) is 0.750. The second kappa shape index (κ2) is 8.45. The van der Waals surface area contributed by atoms with E-state index in [9.17, 15) is 18.0 Å². The standard InChI is InChI=1S/C20H29F3N4O2/c1-19(2,3)16-4-5-17(25-24-16)29-12-14-6-9-26(10-7-14)15-8-11-27(18(15)28)13-20(21,22)23/h4-5,14-15H,6-13H2,1-3H3. The summed E-state index contributed by atoms with van der Waals surface area (Å²) in [5, 5.41) is 8.34. The molecule has 29 heavy (non-hydrogen) atoms. The second-order valence-corrected chi connectivity index (χ2v) is 8.98. The van der Waals surface area contributed by atoms with Crippen LogP contribution in [0.25, 0.3) is 0 Å². The Kier molecular flexibility index (Phi) is 6.36. The fourth-order valence-corrected chi connectivity index (χ4v) is 3.87. The Labute approximate surface area is 169 Å². The van der Waals surface area contributed by atoms with E-state index < -0.39 is 24.7 Å². The molecular weight excluding hydrogens is 385 g/mol. The highest BCUT2D eigenvalue weighted by Gasteiger charge is 2.42. The molecule has 1 unspecified atom stereocenters. The van der Waals surface area contributed by atoms with Crippen LogP contribution in [0.4, 0.5) is 13.2 Å². The van der Waals surface area contributed by atoms with E-state index in [0.29, 0.717) is 37.9 Å². The summed E-state index contributed by atoms with van der Waals surface area (Å²) in [4.78, 5) is 15.3. The lowest BCUT2D eigenvalue weighted by Crippen LogP contribution is -2.47. The molecule has 3 heterocycles. The maximum absolute atomic E-state index is 12.6.